The van der Waals surface area contributed by atoms with Crippen molar-refractivity contribution in [3.05, 3.63) is 34.3 Å². The Morgan fingerprint density at radius 3 is 2.48 bits per heavy atom. The van der Waals surface area contributed by atoms with Crippen LogP contribution in [0.4, 0.5) is 13.2 Å². The number of nitrogens with one attached hydrogen (secondary N) is 1. The van der Waals surface area contributed by atoms with Crippen molar-refractivity contribution in [2.45, 2.75) is 38.0 Å². The largest absolute Gasteiger partial charge is 0.401 e. The molecule has 0 aromatic heterocycles. The van der Waals surface area contributed by atoms with E-state index in [9.17, 15) is 13.2 Å². The van der Waals surface area contributed by atoms with Crippen LogP contribution in [-0.2, 0) is 0 Å². The van der Waals surface area contributed by atoms with Gasteiger partial charge in [0.1, 0.15) is 0 Å². The second-order valence-corrected chi connectivity index (χ2v) is 6.43. The van der Waals surface area contributed by atoms with E-state index in [0.717, 1.165) is 17.3 Å². The van der Waals surface area contributed by atoms with E-state index < -0.39 is 12.7 Å². The number of likely N-dealkylation sites (tertiary alicyclic amines) is 1. The molecule has 6 heteroatoms. The molecule has 0 radical (unpaired) electrons. The summed E-state index contributed by atoms with van der Waals surface area (Å²) in [5, 5.41) is 3.52. The Labute approximate surface area is 131 Å². The van der Waals surface area contributed by atoms with Crippen molar-refractivity contribution >= 4 is 15.9 Å². The first-order valence-electron chi connectivity index (χ1n) is 7.15. The normalized spacial score (nSPS) is 19.7. The van der Waals surface area contributed by atoms with Gasteiger partial charge in [0.2, 0.25) is 0 Å². The average Bonchev–Trinajstić information content (AvgIpc) is 2.40. The van der Waals surface area contributed by atoms with E-state index in [1.165, 1.54) is 10.5 Å². The van der Waals surface area contributed by atoms with Crippen LogP contribution in [0.1, 0.15) is 31.4 Å². The molecule has 0 amide bonds. The van der Waals surface area contributed by atoms with Gasteiger partial charge in [-0.05, 0) is 44.5 Å². The lowest BCUT2D eigenvalue weighted by molar-refractivity contribution is -0.148. The number of piperidine rings is 1. The van der Waals surface area contributed by atoms with E-state index in [1.807, 2.05) is 18.2 Å². The molecule has 21 heavy (non-hydrogen) atoms. The van der Waals surface area contributed by atoms with Gasteiger partial charge < -0.3 is 5.32 Å². The predicted octanol–water partition coefficient (Wildman–Crippen LogP) is 4.13. The van der Waals surface area contributed by atoms with E-state index in [4.69, 9.17) is 0 Å². The Morgan fingerprint density at radius 1 is 1.29 bits per heavy atom. The Hall–Kier alpha value is -0.590. The van der Waals surface area contributed by atoms with Gasteiger partial charge >= 0.3 is 6.18 Å². The fourth-order valence-electron chi connectivity index (χ4n) is 2.78. The smallest absolute Gasteiger partial charge is 0.307 e. The zero-order valence-corrected chi connectivity index (χ0v) is 13.5. The summed E-state index contributed by atoms with van der Waals surface area (Å²) in [4.78, 5) is 1.49. The zero-order chi connectivity index (χ0) is 15.5. The number of hydrogen-bond acceptors (Lipinski definition) is 2. The number of hydrogen-bond donors (Lipinski definition) is 1. The van der Waals surface area contributed by atoms with Crippen LogP contribution in [0, 0.1) is 0 Å². The Balaban J connectivity index is 1.82. The number of nitrogens with zero attached hydrogens (tertiary/aromatic N) is 1. The quantitative estimate of drug-likeness (QED) is 0.863. The molecule has 1 aliphatic rings. The van der Waals surface area contributed by atoms with Crippen LogP contribution in [0.3, 0.4) is 0 Å². The van der Waals surface area contributed by atoms with Gasteiger partial charge in [-0.3, -0.25) is 4.90 Å². The van der Waals surface area contributed by atoms with Gasteiger partial charge in [-0.1, -0.05) is 34.1 Å². The van der Waals surface area contributed by atoms with E-state index in [1.54, 1.807) is 0 Å². The Morgan fingerprint density at radius 2 is 1.90 bits per heavy atom. The molecule has 1 aliphatic heterocycles. The van der Waals surface area contributed by atoms with E-state index in [-0.39, 0.29) is 12.1 Å². The monoisotopic (exact) mass is 364 g/mol. The van der Waals surface area contributed by atoms with Crippen molar-refractivity contribution < 1.29 is 13.2 Å². The fraction of sp³-hybridized carbons (Fsp3) is 0.600. The highest BCUT2D eigenvalue weighted by Gasteiger charge is 2.32. The highest BCUT2D eigenvalue weighted by Crippen LogP contribution is 2.25. The van der Waals surface area contributed by atoms with Gasteiger partial charge in [0.15, 0.2) is 0 Å². The lowest BCUT2D eigenvalue weighted by Gasteiger charge is -2.34. The van der Waals surface area contributed by atoms with Crippen LogP contribution >= 0.6 is 15.9 Å². The van der Waals surface area contributed by atoms with Gasteiger partial charge in [0, 0.05) is 16.6 Å². The van der Waals surface area contributed by atoms with Crippen LogP contribution in [0.25, 0.3) is 0 Å². The molecule has 118 valence electrons. The Bertz CT molecular complexity index is 456. The molecule has 1 aromatic rings. The highest BCUT2D eigenvalue weighted by molar-refractivity contribution is 9.10. The van der Waals surface area contributed by atoms with Gasteiger partial charge in [0.25, 0.3) is 0 Å². The number of halogens is 4. The minimum absolute atomic E-state index is 0.180. The highest BCUT2D eigenvalue weighted by atomic mass is 79.9. The molecule has 0 aliphatic carbocycles. The van der Waals surface area contributed by atoms with Crippen molar-refractivity contribution in [2.24, 2.45) is 0 Å². The molecule has 1 fully saturated rings. The predicted molar refractivity (Wildman–Crippen MR) is 81.2 cm³/mol. The molecular weight excluding hydrogens is 345 g/mol. The SMILES string of the molecule is CC(NC1CCN(CC(F)(F)F)CC1)c1ccccc1Br. The van der Waals surface area contributed by atoms with Crippen LogP contribution in [-0.4, -0.2) is 36.8 Å². The third-order valence-electron chi connectivity index (χ3n) is 3.85. The van der Waals surface area contributed by atoms with Crippen molar-refractivity contribution in [3.63, 3.8) is 0 Å². The number of benzene rings is 1. The van der Waals surface area contributed by atoms with Crippen molar-refractivity contribution in [3.8, 4) is 0 Å². The lowest BCUT2D eigenvalue weighted by Crippen LogP contribution is -2.46. The molecule has 1 unspecified atom stereocenters. The molecule has 1 heterocycles. The molecule has 1 aromatic carbocycles. The summed E-state index contributed by atoms with van der Waals surface area (Å²) in [5.41, 5.74) is 1.18. The topological polar surface area (TPSA) is 15.3 Å². The molecule has 0 spiro atoms. The summed E-state index contributed by atoms with van der Waals surface area (Å²) < 4.78 is 38.1. The summed E-state index contributed by atoms with van der Waals surface area (Å²) >= 11 is 3.53. The zero-order valence-electron chi connectivity index (χ0n) is 12.0. The molecule has 1 atom stereocenters. The van der Waals surface area contributed by atoms with Crippen LogP contribution in [0.5, 0.6) is 0 Å². The summed E-state index contributed by atoms with van der Waals surface area (Å²) in [6.07, 6.45) is -2.59. The van der Waals surface area contributed by atoms with E-state index in [2.05, 4.69) is 34.2 Å². The summed E-state index contributed by atoms with van der Waals surface area (Å²) in [7, 11) is 0. The maximum atomic E-state index is 12.4. The number of alkyl halides is 3. The lowest BCUT2D eigenvalue weighted by atomic mass is 10.0. The first kappa shape index (κ1) is 16.8. The standard InChI is InChI=1S/C15H20BrF3N2/c1-11(13-4-2-3-5-14(13)16)20-12-6-8-21(9-7-12)10-15(17,18)19/h2-5,11-12,20H,6-10H2,1H3. The molecule has 2 rings (SSSR count). The molecular formula is C15H20BrF3N2. The number of rotatable bonds is 4. The molecule has 1 N–H and O–H groups in total. The van der Waals surface area contributed by atoms with Gasteiger partial charge in [-0.2, -0.15) is 13.2 Å². The fourth-order valence-corrected chi connectivity index (χ4v) is 3.41. The second kappa shape index (κ2) is 7.11. The third-order valence-corrected chi connectivity index (χ3v) is 4.57. The molecule has 1 saturated heterocycles. The molecule has 0 bridgehead atoms. The maximum absolute atomic E-state index is 12.4. The van der Waals surface area contributed by atoms with Crippen LogP contribution < -0.4 is 5.32 Å². The minimum atomic E-state index is -4.09. The van der Waals surface area contributed by atoms with Crippen molar-refractivity contribution in [1.82, 2.24) is 10.2 Å². The van der Waals surface area contributed by atoms with Crippen molar-refractivity contribution in [1.29, 1.82) is 0 Å². The summed E-state index contributed by atoms with van der Waals surface area (Å²) in [5.74, 6) is 0. The van der Waals surface area contributed by atoms with Gasteiger partial charge in [-0.15, -0.1) is 0 Å². The average molecular weight is 365 g/mol. The Kier molecular flexibility index (Phi) is 5.68. The minimum Gasteiger partial charge on any atom is -0.307 e. The summed E-state index contributed by atoms with van der Waals surface area (Å²) in [6.45, 7) is 2.29. The second-order valence-electron chi connectivity index (χ2n) is 5.58. The molecule has 0 saturated carbocycles. The van der Waals surface area contributed by atoms with Gasteiger partial charge in [-0.25, -0.2) is 0 Å². The van der Waals surface area contributed by atoms with E-state index in [0.29, 0.717) is 13.1 Å². The third kappa shape index (κ3) is 5.27. The first-order valence-corrected chi connectivity index (χ1v) is 7.94. The first-order chi connectivity index (χ1) is 9.85. The molecule has 2 nitrogen and oxygen atoms in total. The van der Waals surface area contributed by atoms with Crippen LogP contribution in [0.15, 0.2) is 28.7 Å². The van der Waals surface area contributed by atoms with Crippen molar-refractivity contribution in [2.75, 3.05) is 19.6 Å². The summed E-state index contributed by atoms with van der Waals surface area (Å²) in [6, 6.07) is 8.47. The van der Waals surface area contributed by atoms with E-state index >= 15 is 0 Å². The maximum Gasteiger partial charge on any atom is 0.401 e. The van der Waals surface area contributed by atoms with Crippen LogP contribution in [0.2, 0.25) is 0 Å². The van der Waals surface area contributed by atoms with Gasteiger partial charge in [0.05, 0.1) is 6.54 Å².